The Morgan fingerprint density at radius 2 is 1.40 bits per heavy atom. The Hall–Kier alpha value is -2.36. The Morgan fingerprint density at radius 1 is 0.800 bits per heavy atom. The number of fused-ring (bicyclic) bond motifs is 1. The predicted molar refractivity (Wildman–Crippen MR) is 127 cm³/mol. The number of aliphatic imine (C=N–C) groups is 1. The molecule has 0 N–H and O–H groups in total. The van der Waals surface area contributed by atoms with Crippen LogP contribution in [0.1, 0.15) is 30.5 Å². The molecule has 2 aliphatic heterocycles. The monoisotopic (exact) mass is 477 g/mol. The molecule has 0 radical (unpaired) electrons. The van der Waals surface area contributed by atoms with Crippen LogP contribution in [0, 0.1) is 5.41 Å². The first-order valence-electron chi connectivity index (χ1n) is 9.95. The van der Waals surface area contributed by atoms with Gasteiger partial charge in [0.15, 0.2) is 5.54 Å². The molecule has 0 unspecified atom stereocenters. The lowest BCUT2D eigenvalue weighted by Crippen LogP contribution is -2.50. The van der Waals surface area contributed by atoms with Crippen LogP contribution < -0.4 is 0 Å². The van der Waals surface area contributed by atoms with Crippen LogP contribution in [0.4, 0.5) is 0 Å². The fraction of sp³-hybridized carbons (Fsp3) is 0.192. The third kappa shape index (κ3) is 2.65. The number of ether oxygens (including phenoxy) is 1. The van der Waals surface area contributed by atoms with Gasteiger partial charge in [-0.1, -0.05) is 100 Å². The number of hydrogen-bond donors (Lipinski definition) is 0. The maximum Gasteiger partial charge on any atom is 0.225 e. The van der Waals surface area contributed by atoms with Crippen LogP contribution in [-0.2, 0) is 10.3 Å². The lowest BCUT2D eigenvalue weighted by Gasteiger charge is -2.41. The van der Waals surface area contributed by atoms with Gasteiger partial charge in [0, 0.05) is 10.0 Å². The molecule has 0 aliphatic carbocycles. The average molecular weight is 479 g/mol. The minimum absolute atomic E-state index is 0.542. The molecule has 3 aromatic carbocycles. The van der Waals surface area contributed by atoms with Crippen molar-refractivity contribution < 1.29 is 4.74 Å². The summed E-state index contributed by atoms with van der Waals surface area (Å²) >= 11 is 11.0. The maximum absolute atomic E-state index is 7.47. The van der Waals surface area contributed by atoms with Crippen LogP contribution >= 0.6 is 27.5 Å². The SMILES string of the molecule is CC1(C)C(c2ccccc2)=N[C@@]2(c3ccccc3)C=C(c3ccc(Br)cc3)O[C@@]12Cl. The zero-order chi connectivity index (χ0) is 21.0. The van der Waals surface area contributed by atoms with Gasteiger partial charge in [-0.2, -0.15) is 0 Å². The molecular weight excluding hydrogens is 458 g/mol. The highest BCUT2D eigenvalue weighted by molar-refractivity contribution is 9.10. The van der Waals surface area contributed by atoms with E-state index in [4.69, 9.17) is 21.3 Å². The molecule has 4 heteroatoms. The quantitative estimate of drug-likeness (QED) is 0.365. The van der Waals surface area contributed by atoms with Crippen LogP contribution in [0.5, 0.6) is 0 Å². The van der Waals surface area contributed by atoms with Gasteiger partial charge in [-0.05, 0) is 43.2 Å². The predicted octanol–water partition coefficient (Wildman–Crippen LogP) is 7.18. The van der Waals surface area contributed by atoms with Gasteiger partial charge in [0.1, 0.15) is 5.76 Å². The molecule has 2 aliphatic rings. The lowest BCUT2D eigenvalue weighted by molar-refractivity contribution is 0.0329. The van der Waals surface area contributed by atoms with E-state index in [1.165, 1.54) is 0 Å². The molecule has 0 spiro atoms. The summed E-state index contributed by atoms with van der Waals surface area (Å²) in [6.45, 7) is 4.24. The summed E-state index contributed by atoms with van der Waals surface area (Å²) in [7, 11) is 0. The molecule has 0 saturated heterocycles. The van der Waals surface area contributed by atoms with E-state index < -0.39 is 16.0 Å². The van der Waals surface area contributed by atoms with Gasteiger partial charge in [-0.15, -0.1) is 0 Å². The molecule has 0 fully saturated rings. The van der Waals surface area contributed by atoms with Crippen molar-refractivity contribution in [1.82, 2.24) is 0 Å². The summed E-state index contributed by atoms with van der Waals surface area (Å²) in [6, 6.07) is 28.5. The summed E-state index contributed by atoms with van der Waals surface area (Å²) in [5.41, 5.74) is 2.65. The number of benzene rings is 3. The molecule has 2 atom stereocenters. The molecule has 0 saturated carbocycles. The largest absolute Gasteiger partial charge is 0.467 e. The smallest absolute Gasteiger partial charge is 0.225 e. The van der Waals surface area contributed by atoms with Gasteiger partial charge < -0.3 is 4.74 Å². The second-order valence-electron chi connectivity index (χ2n) is 8.30. The van der Waals surface area contributed by atoms with Crippen LogP contribution in [0.25, 0.3) is 5.76 Å². The third-order valence-corrected chi connectivity index (χ3v) is 7.52. The van der Waals surface area contributed by atoms with Gasteiger partial charge in [0.05, 0.1) is 11.1 Å². The normalized spacial score (nSPS) is 26.5. The topological polar surface area (TPSA) is 21.6 Å². The third-order valence-electron chi connectivity index (χ3n) is 6.15. The van der Waals surface area contributed by atoms with Crippen LogP contribution in [0.15, 0.2) is 100 Å². The highest BCUT2D eigenvalue weighted by Gasteiger charge is 2.70. The summed E-state index contributed by atoms with van der Waals surface area (Å²) in [6.07, 6.45) is 2.09. The molecular formula is C26H21BrClNO. The van der Waals surface area contributed by atoms with Crippen molar-refractivity contribution in [3.05, 3.63) is 112 Å². The molecule has 2 heterocycles. The number of hydrogen-bond acceptors (Lipinski definition) is 2. The number of alkyl halides is 1. The van der Waals surface area contributed by atoms with Gasteiger partial charge in [-0.25, -0.2) is 0 Å². The Labute approximate surface area is 190 Å². The fourth-order valence-corrected chi connectivity index (χ4v) is 5.16. The van der Waals surface area contributed by atoms with E-state index in [0.717, 1.165) is 32.6 Å². The zero-order valence-electron chi connectivity index (χ0n) is 16.8. The average Bonchev–Trinajstić information content (AvgIpc) is 3.16. The molecule has 0 amide bonds. The number of nitrogens with zero attached hydrogens (tertiary/aromatic N) is 1. The van der Waals surface area contributed by atoms with Gasteiger partial charge in [0.25, 0.3) is 0 Å². The second-order valence-corrected chi connectivity index (χ2v) is 9.74. The number of rotatable bonds is 3. The van der Waals surface area contributed by atoms with Crippen molar-refractivity contribution >= 4 is 39.0 Å². The zero-order valence-corrected chi connectivity index (χ0v) is 19.1. The Morgan fingerprint density at radius 3 is 2.03 bits per heavy atom. The Kier molecular flexibility index (Phi) is 4.46. The summed E-state index contributed by atoms with van der Waals surface area (Å²) in [4.78, 5) is 5.31. The van der Waals surface area contributed by atoms with Crippen LogP contribution in [0.2, 0.25) is 0 Å². The first-order chi connectivity index (χ1) is 14.4. The van der Waals surface area contributed by atoms with E-state index in [9.17, 15) is 0 Å². The van der Waals surface area contributed by atoms with E-state index in [-0.39, 0.29) is 0 Å². The number of halogens is 2. The van der Waals surface area contributed by atoms with Gasteiger partial charge in [-0.3, -0.25) is 4.99 Å². The standard InChI is InChI=1S/C26H21BrClNO/c1-24(2)23(19-9-5-3-6-10-19)29-25(20-11-7-4-8-12-20)17-22(30-26(24,25)28)18-13-15-21(27)16-14-18/h3-17H,1-2H3/t25-,26+/m1/s1. The van der Waals surface area contributed by atoms with Gasteiger partial charge >= 0.3 is 0 Å². The highest BCUT2D eigenvalue weighted by Crippen LogP contribution is 2.64. The summed E-state index contributed by atoms with van der Waals surface area (Å²) in [5, 5.41) is -1.09. The summed E-state index contributed by atoms with van der Waals surface area (Å²) in [5.74, 6) is 0.755. The van der Waals surface area contributed by atoms with E-state index in [1.54, 1.807) is 0 Å². The van der Waals surface area contributed by atoms with Crippen molar-refractivity contribution in [3.63, 3.8) is 0 Å². The van der Waals surface area contributed by atoms with Crippen molar-refractivity contribution in [2.75, 3.05) is 0 Å². The first-order valence-corrected chi connectivity index (χ1v) is 11.1. The van der Waals surface area contributed by atoms with Crippen molar-refractivity contribution in [1.29, 1.82) is 0 Å². The molecule has 2 nitrogen and oxygen atoms in total. The fourth-order valence-electron chi connectivity index (χ4n) is 4.52. The van der Waals surface area contributed by atoms with E-state index >= 15 is 0 Å². The minimum Gasteiger partial charge on any atom is -0.467 e. The van der Waals surface area contributed by atoms with Crippen LogP contribution in [-0.4, -0.2) is 10.8 Å². The Balaban J connectivity index is 1.76. The van der Waals surface area contributed by atoms with Crippen molar-refractivity contribution in [2.24, 2.45) is 10.4 Å². The molecule has 0 aromatic heterocycles. The van der Waals surface area contributed by atoms with Crippen LogP contribution in [0.3, 0.4) is 0 Å². The van der Waals surface area contributed by atoms with Crippen molar-refractivity contribution in [2.45, 2.75) is 24.4 Å². The maximum atomic E-state index is 7.47. The lowest BCUT2D eigenvalue weighted by atomic mass is 9.72. The van der Waals surface area contributed by atoms with Crippen molar-refractivity contribution in [3.8, 4) is 0 Å². The Bertz CT molecular complexity index is 1150. The van der Waals surface area contributed by atoms with Gasteiger partial charge in [0.2, 0.25) is 5.06 Å². The molecule has 3 aromatic rings. The molecule has 0 bridgehead atoms. The molecule has 30 heavy (non-hydrogen) atoms. The second kappa shape index (κ2) is 6.83. The highest BCUT2D eigenvalue weighted by atomic mass is 79.9. The van der Waals surface area contributed by atoms with E-state index in [1.807, 2.05) is 60.7 Å². The summed E-state index contributed by atoms with van der Waals surface area (Å²) < 4.78 is 7.64. The van der Waals surface area contributed by atoms with E-state index in [0.29, 0.717) is 0 Å². The molecule has 5 rings (SSSR count). The minimum atomic E-state index is -1.09. The molecule has 150 valence electrons. The van der Waals surface area contributed by atoms with E-state index in [2.05, 4.69) is 60.1 Å². The first kappa shape index (κ1) is 19.6.